The first kappa shape index (κ1) is 21.1. The van der Waals surface area contributed by atoms with Gasteiger partial charge in [0.25, 0.3) is 0 Å². The van der Waals surface area contributed by atoms with Crippen molar-refractivity contribution >= 4 is 35.6 Å². The van der Waals surface area contributed by atoms with E-state index in [0.29, 0.717) is 18.4 Å². The summed E-state index contributed by atoms with van der Waals surface area (Å²) in [6.45, 7) is 4.74. The number of rotatable bonds is 6. The van der Waals surface area contributed by atoms with Crippen molar-refractivity contribution < 1.29 is 9.47 Å². The fraction of sp³-hybridized carbons (Fsp3) is 0.316. The van der Waals surface area contributed by atoms with Gasteiger partial charge in [-0.25, -0.2) is 4.99 Å². The van der Waals surface area contributed by atoms with Gasteiger partial charge in [0.1, 0.15) is 11.5 Å². The number of hydrogen-bond donors (Lipinski definition) is 2. The number of anilines is 1. The maximum absolute atomic E-state index is 6.00. The fourth-order valence-electron chi connectivity index (χ4n) is 2.32. The van der Waals surface area contributed by atoms with Gasteiger partial charge in [-0.3, -0.25) is 0 Å². The molecule has 0 radical (unpaired) electrons. The molecule has 0 aliphatic rings. The second kappa shape index (κ2) is 10.1. The Morgan fingerprint density at radius 2 is 1.88 bits per heavy atom. The molecular formula is C19H26IN3O2. The molecule has 0 fully saturated rings. The summed E-state index contributed by atoms with van der Waals surface area (Å²) in [6.07, 6.45) is 0. The van der Waals surface area contributed by atoms with Crippen molar-refractivity contribution in [2.75, 3.05) is 19.5 Å². The smallest absolute Gasteiger partial charge is 0.193 e. The van der Waals surface area contributed by atoms with E-state index in [9.17, 15) is 0 Å². The monoisotopic (exact) mass is 455 g/mol. The zero-order valence-electron chi connectivity index (χ0n) is 15.1. The molecule has 0 aliphatic carbocycles. The van der Waals surface area contributed by atoms with Gasteiger partial charge in [0, 0.05) is 17.3 Å². The number of aliphatic imine (C=N–C) groups is 1. The molecular weight excluding hydrogens is 429 g/mol. The van der Waals surface area contributed by atoms with Crippen molar-refractivity contribution in [2.24, 2.45) is 10.7 Å². The molecule has 0 spiro atoms. The van der Waals surface area contributed by atoms with E-state index in [2.05, 4.69) is 36.3 Å². The topological polar surface area (TPSA) is 68.9 Å². The first-order chi connectivity index (χ1) is 11.5. The molecule has 25 heavy (non-hydrogen) atoms. The average Bonchev–Trinajstić information content (AvgIpc) is 2.60. The Morgan fingerprint density at radius 3 is 2.52 bits per heavy atom. The Morgan fingerprint density at radius 1 is 1.12 bits per heavy atom. The van der Waals surface area contributed by atoms with E-state index in [1.807, 2.05) is 30.3 Å². The third kappa shape index (κ3) is 6.12. The van der Waals surface area contributed by atoms with Gasteiger partial charge in [0.05, 0.1) is 20.8 Å². The zero-order chi connectivity index (χ0) is 17.5. The van der Waals surface area contributed by atoms with Gasteiger partial charge in [-0.05, 0) is 35.7 Å². The number of hydrogen-bond acceptors (Lipinski definition) is 3. The highest BCUT2D eigenvalue weighted by molar-refractivity contribution is 14.0. The minimum Gasteiger partial charge on any atom is -0.497 e. The van der Waals surface area contributed by atoms with Crippen LogP contribution in [0.4, 0.5) is 5.69 Å². The van der Waals surface area contributed by atoms with E-state index >= 15 is 0 Å². The van der Waals surface area contributed by atoms with Crippen LogP contribution in [0, 0.1) is 0 Å². The van der Waals surface area contributed by atoms with Crippen LogP contribution in [0.3, 0.4) is 0 Å². The zero-order valence-corrected chi connectivity index (χ0v) is 17.4. The third-order valence-electron chi connectivity index (χ3n) is 3.74. The Balaban J connectivity index is 0.00000312. The Labute approximate surface area is 166 Å². The van der Waals surface area contributed by atoms with Crippen LogP contribution < -0.4 is 20.5 Å². The highest BCUT2D eigenvalue weighted by Gasteiger charge is 2.05. The lowest BCUT2D eigenvalue weighted by Crippen LogP contribution is -2.22. The number of methoxy groups -OCH3 is 2. The summed E-state index contributed by atoms with van der Waals surface area (Å²) in [5, 5.41) is 3.13. The number of halogens is 1. The van der Waals surface area contributed by atoms with Crippen molar-refractivity contribution in [3.63, 3.8) is 0 Å². The molecule has 5 nitrogen and oxygen atoms in total. The molecule has 2 aromatic carbocycles. The normalized spacial score (nSPS) is 11.0. The van der Waals surface area contributed by atoms with Gasteiger partial charge < -0.3 is 20.5 Å². The van der Waals surface area contributed by atoms with Gasteiger partial charge >= 0.3 is 0 Å². The van der Waals surface area contributed by atoms with E-state index in [1.165, 1.54) is 5.56 Å². The second-order valence-corrected chi connectivity index (χ2v) is 5.78. The number of guanidine groups is 1. The van der Waals surface area contributed by atoms with Crippen LogP contribution in [0.15, 0.2) is 47.5 Å². The van der Waals surface area contributed by atoms with E-state index < -0.39 is 0 Å². The molecule has 136 valence electrons. The Kier molecular flexibility index (Phi) is 8.54. The van der Waals surface area contributed by atoms with Crippen LogP contribution in [0.25, 0.3) is 0 Å². The van der Waals surface area contributed by atoms with Crippen LogP contribution in [-0.4, -0.2) is 20.2 Å². The maximum Gasteiger partial charge on any atom is 0.193 e. The van der Waals surface area contributed by atoms with E-state index in [0.717, 1.165) is 22.7 Å². The van der Waals surface area contributed by atoms with Gasteiger partial charge in [-0.2, -0.15) is 0 Å². The van der Waals surface area contributed by atoms with Crippen molar-refractivity contribution in [1.82, 2.24) is 0 Å². The Bertz CT molecular complexity index is 718. The quantitative estimate of drug-likeness (QED) is 0.386. The molecule has 0 heterocycles. The largest absolute Gasteiger partial charge is 0.497 e. The summed E-state index contributed by atoms with van der Waals surface area (Å²) in [5.74, 6) is 2.31. The molecule has 0 aromatic heterocycles. The molecule has 0 saturated heterocycles. The summed E-state index contributed by atoms with van der Waals surface area (Å²) in [7, 11) is 3.25. The van der Waals surface area contributed by atoms with Crippen LogP contribution in [0.2, 0.25) is 0 Å². The molecule has 0 aliphatic heterocycles. The first-order valence-electron chi connectivity index (χ1n) is 7.91. The van der Waals surface area contributed by atoms with Gasteiger partial charge in [-0.15, -0.1) is 24.0 Å². The summed E-state index contributed by atoms with van der Waals surface area (Å²) in [4.78, 5) is 4.39. The second-order valence-electron chi connectivity index (χ2n) is 5.78. The minimum atomic E-state index is 0. The number of ether oxygens (including phenoxy) is 2. The molecule has 0 atom stereocenters. The average molecular weight is 455 g/mol. The van der Waals surface area contributed by atoms with Crippen molar-refractivity contribution in [2.45, 2.75) is 26.3 Å². The lowest BCUT2D eigenvalue weighted by molar-refractivity contribution is 0.391. The summed E-state index contributed by atoms with van der Waals surface area (Å²) in [5.41, 5.74) is 9.13. The van der Waals surface area contributed by atoms with Gasteiger partial charge in [0.15, 0.2) is 5.96 Å². The van der Waals surface area contributed by atoms with Gasteiger partial charge in [0.2, 0.25) is 0 Å². The number of nitrogens with zero attached hydrogens (tertiary/aromatic N) is 1. The van der Waals surface area contributed by atoms with Gasteiger partial charge in [-0.1, -0.05) is 26.0 Å². The molecule has 0 amide bonds. The van der Waals surface area contributed by atoms with Crippen LogP contribution in [0.5, 0.6) is 11.5 Å². The molecule has 2 aromatic rings. The predicted molar refractivity (Wildman–Crippen MR) is 114 cm³/mol. The van der Waals surface area contributed by atoms with Crippen LogP contribution >= 0.6 is 24.0 Å². The molecule has 0 unspecified atom stereocenters. The molecule has 6 heteroatoms. The van der Waals surface area contributed by atoms with Crippen LogP contribution in [0.1, 0.15) is 30.9 Å². The number of nitrogens with two attached hydrogens (primary N) is 1. The minimum absolute atomic E-state index is 0. The highest BCUT2D eigenvalue weighted by Crippen LogP contribution is 2.25. The van der Waals surface area contributed by atoms with Crippen molar-refractivity contribution in [3.8, 4) is 11.5 Å². The van der Waals surface area contributed by atoms with E-state index in [4.69, 9.17) is 15.2 Å². The lowest BCUT2D eigenvalue weighted by atomic mass is 10.0. The predicted octanol–water partition coefficient (Wildman–Crippen LogP) is 4.37. The van der Waals surface area contributed by atoms with Crippen molar-refractivity contribution in [1.29, 1.82) is 0 Å². The summed E-state index contributed by atoms with van der Waals surface area (Å²) in [6, 6.07) is 13.8. The van der Waals surface area contributed by atoms with Crippen LogP contribution in [-0.2, 0) is 6.54 Å². The standard InChI is InChI=1S/C19H25N3O2.HI/c1-13(2)14-6-5-7-16(10-14)22-19(20)21-12-15-8-9-17(23-3)11-18(15)24-4;/h5-11,13H,12H2,1-4H3,(H3,20,21,22);1H. The maximum atomic E-state index is 6.00. The van der Waals surface area contributed by atoms with Crippen molar-refractivity contribution in [3.05, 3.63) is 53.6 Å². The number of nitrogens with one attached hydrogen (secondary N) is 1. The highest BCUT2D eigenvalue weighted by atomic mass is 127. The molecule has 2 rings (SSSR count). The lowest BCUT2D eigenvalue weighted by Gasteiger charge is -2.11. The summed E-state index contributed by atoms with van der Waals surface area (Å²) < 4.78 is 10.6. The summed E-state index contributed by atoms with van der Waals surface area (Å²) >= 11 is 0. The third-order valence-corrected chi connectivity index (χ3v) is 3.74. The molecule has 3 N–H and O–H groups in total. The Hall–Kier alpha value is -1.96. The molecule has 0 saturated carbocycles. The number of benzene rings is 2. The SMILES string of the molecule is COc1ccc(CN=C(N)Nc2cccc(C(C)C)c2)c(OC)c1.I. The fourth-order valence-corrected chi connectivity index (χ4v) is 2.32. The molecule has 0 bridgehead atoms. The van der Waals surface area contributed by atoms with E-state index in [-0.39, 0.29) is 24.0 Å². The van der Waals surface area contributed by atoms with E-state index in [1.54, 1.807) is 14.2 Å². The first-order valence-corrected chi connectivity index (χ1v) is 7.91.